The van der Waals surface area contributed by atoms with Crippen molar-refractivity contribution in [2.24, 2.45) is 0 Å². The predicted molar refractivity (Wildman–Crippen MR) is 123 cm³/mol. The lowest BCUT2D eigenvalue weighted by Crippen LogP contribution is -1.84. The average molecular weight is 372 g/mol. The van der Waals surface area contributed by atoms with Gasteiger partial charge in [-0.15, -0.1) is 0 Å². The highest BCUT2D eigenvalue weighted by Gasteiger charge is 1.95. The van der Waals surface area contributed by atoms with Crippen LogP contribution < -0.4 is 0 Å². The zero-order chi connectivity index (χ0) is 19.1. The van der Waals surface area contributed by atoms with Gasteiger partial charge in [0.2, 0.25) is 0 Å². The van der Waals surface area contributed by atoms with Crippen molar-refractivity contribution in [2.75, 3.05) is 0 Å². The van der Waals surface area contributed by atoms with Gasteiger partial charge in [0.1, 0.15) is 0 Å². The molecule has 0 aromatic rings. The molecule has 1 radical (unpaired) electrons. The Morgan fingerprint density at radius 3 is 1.26 bits per heavy atom. The van der Waals surface area contributed by atoms with Gasteiger partial charge in [-0.2, -0.15) is 0 Å². The number of rotatable bonds is 0. The summed E-state index contributed by atoms with van der Waals surface area (Å²) in [4.78, 5) is 0. The first kappa shape index (κ1) is 24.3. The Morgan fingerprint density at radius 1 is 0.370 bits per heavy atom. The van der Waals surface area contributed by atoms with Crippen molar-refractivity contribution in [2.45, 2.75) is 135 Å². The zero-order valence-corrected chi connectivity index (χ0v) is 18.2. The fourth-order valence-electron chi connectivity index (χ4n) is 3.94. The molecule has 0 aromatic carbocycles. The maximum atomic E-state index is 3.41. The first-order valence-corrected chi connectivity index (χ1v) is 12.4. The molecule has 0 fully saturated rings. The molecule has 0 saturated carbocycles. The van der Waals surface area contributed by atoms with Crippen LogP contribution in [0.4, 0.5) is 0 Å². The monoisotopic (exact) mass is 371 g/mol. The Balaban J connectivity index is 2.13. The van der Waals surface area contributed by atoms with Crippen LogP contribution in [0.3, 0.4) is 0 Å². The van der Waals surface area contributed by atoms with Gasteiger partial charge in [0.25, 0.3) is 0 Å². The molecule has 0 bridgehead atoms. The summed E-state index contributed by atoms with van der Waals surface area (Å²) >= 11 is 0. The topological polar surface area (TPSA) is 0 Å². The summed E-state index contributed by atoms with van der Waals surface area (Å²) < 4.78 is 0. The van der Waals surface area contributed by atoms with E-state index in [2.05, 4.69) is 36.5 Å². The fourth-order valence-corrected chi connectivity index (χ4v) is 3.94. The van der Waals surface area contributed by atoms with Gasteiger partial charge in [-0.05, 0) is 31.8 Å². The molecule has 0 unspecified atom stereocenters. The van der Waals surface area contributed by atoms with Gasteiger partial charge < -0.3 is 0 Å². The Labute approximate surface area is 171 Å². The van der Waals surface area contributed by atoms with Gasteiger partial charge in [0.05, 0.1) is 0 Å². The van der Waals surface area contributed by atoms with E-state index in [4.69, 9.17) is 0 Å². The molecular formula is C27H47. The molecule has 155 valence electrons. The minimum absolute atomic E-state index is 1.12. The second-order valence-electron chi connectivity index (χ2n) is 8.44. The number of allylic oxidation sites excluding steroid dienone is 6. The third-order valence-electron chi connectivity index (χ3n) is 5.76. The molecule has 0 nitrogen and oxygen atoms in total. The first-order valence-electron chi connectivity index (χ1n) is 12.4. The van der Waals surface area contributed by atoms with Crippen LogP contribution in [0.1, 0.15) is 135 Å². The Morgan fingerprint density at radius 2 is 0.778 bits per heavy atom. The molecular weight excluding hydrogens is 324 g/mol. The minimum Gasteiger partial charge on any atom is -0.0845 e. The van der Waals surface area contributed by atoms with Gasteiger partial charge in [0, 0.05) is 0 Å². The highest BCUT2D eigenvalue weighted by atomic mass is 14.0. The summed E-state index contributed by atoms with van der Waals surface area (Å²) in [6.07, 6.45) is 44.0. The molecule has 27 heavy (non-hydrogen) atoms. The normalized spacial score (nSPS) is 25.8. The third kappa shape index (κ3) is 19.8. The van der Waals surface area contributed by atoms with E-state index in [-0.39, 0.29) is 0 Å². The lowest BCUT2D eigenvalue weighted by molar-refractivity contribution is 0.522. The molecule has 0 atom stereocenters. The van der Waals surface area contributed by atoms with E-state index < -0.39 is 0 Å². The van der Waals surface area contributed by atoms with Crippen LogP contribution in [0.15, 0.2) is 30.4 Å². The zero-order valence-electron chi connectivity index (χ0n) is 18.2. The third-order valence-corrected chi connectivity index (χ3v) is 5.76. The first-order chi connectivity index (χ1) is 13.5. The minimum atomic E-state index is 1.12. The van der Waals surface area contributed by atoms with Gasteiger partial charge in [-0.25, -0.2) is 0 Å². The van der Waals surface area contributed by atoms with Crippen molar-refractivity contribution in [1.29, 1.82) is 0 Å². The van der Waals surface area contributed by atoms with Crippen LogP contribution in [-0.4, -0.2) is 0 Å². The second kappa shape index (κ2) is 21.5. The van der Waals surface area contributed by atoms with Crippen molar-refractivity contribution in [3.63, 3.8) is 0 Å². The van der Waals surface area contributed by atoms with Crippen molar-refractivity contribution in [3.8, 4) is 0 Å². The molecule has 0 heterocycles. The Hall–Kier alpha value is -0.780. The summed E-state index contributed by atoms with van der Waals surface area (Å²) in [5, 5.41) is 0. The van der Waals surface area contributed by atoms with Crippen LogP contribution >= 0.6 is 0 Å². The molecule has 0 heteroatoms. The Bertz CT molecular complexity index is 326. The fraction of sp³-hybridized carbons (Fsp3) is 0.778. The summed E-state index contributed by atoms with van der Waals surface area (Å²) in [6, 6.07) is 0. The molecule has 0 saturated heterocycles. The van der Waals surface area contributed by atoms with E-state index >= 15 is 0 Å². The van der Waals surface area contributed by atoms with Crippen molar-refractivity contribution >= 4 is 0 Å². The van der Waals surface area contributed by atoms with Gasteiger partial charge in [-0.1, -0.05) is 140 Å². The second-order valence-corrected chi connectivity index (χ2v) is 8.44. The quantitative estimate of drug-likeness (QED) is 0.397. The largest absolute Gasteiger partial charge is 0.0845 e. The summed E-state index contributed by atoms with van der Waals surface area (Å²) in [6.45, 7) is 0. The summed E-state index contributed by atoms with van der Waals surface area (Å²) in [7, 11) is 0. The standard InChI is InChI=1S/C27H47/c1-2-4-6-8-10-12-14-16-18-20-22-24-26-27-25-23-21-19-17-15-13-11-9-7-5-3-1/h1-5H,6,8-27H2/b3-1-,4-2-,7-5?. The number of hydrogen-bond donors (Lipinski definition) is 0. The van der Waals surface area contributed by atoms with Crippen LogP contribution in [0.25, 0.3) is 0 Å². The predicted octanol–water partition coefficient (Wildman–Crippen LogP) is 9.66. The number of hydrogen-bond acceptors (Lipinski definition) is 0. The molecule has 0 amide bonds. The van der Waals surface area contributed by atoms with Crippen LogP contribution in [0.5, 0.6) is 0 Å². The molecule has 0 aromatic heterocycles. The van der Waals surface area contributed by atoms with Gasteiger partial charge >= 0.3 is 0 Å². The Kier molecular flexibility index (Phi) is 19.3. The summed E-state index contributed by atoms with van der Waals surface area (Å²) in [5.41, 5.74) is 0. The van der Waals surface area contributed by atoms with Crippen molar-refractivity contribution < 1.29 is 0 Å². The molecule has 0 spiro atoms. The molecule has 1 aliphatic carbocycles. The van der Waals surface area contributed by atoms with Crippen molar-refractivity contribution in [1.82, 2.24) is 0 Å². The van der Waals surface area contributed by atoms with E-state index in [9.17, 15) is 0 Å². The van der Waals surface area contributed by atoms with Crippen LogP contribution in [0, 0.1) is 6.08 Å². The molecule has 1 rings (SSSR count). The van der Waals surface area contributed by atoms with E-state index in [0.29, 0.717) is 0 Å². The molecule has 0 aliphatic heterocycles. The van der Waals surface area contributed by atoms with Crippen LogP contribution in [-0.2, 0) is 0 Å². The van der Waals surface area contributed by atoms with Crippen LogP contribution in [0.2, 0.25) is 0 Å². The SMILES string of the molecule is [C]1=C/C=C\C=C/CCCCCCCCCCCCCCCCCCCCC\1. The molecule has 1 aliphatic rings. The van der Waals surface area contributed by atoms with E-state index in [1.807, 2.05) is 0 Å². The van der Waals surface area contributed by atoms with E-state index in [0.717, 1.165) is 6.42 Å². The maximum absolute atomic E-state index is 3.41. The van der Waals surface area contributed by atoms with E-state index in [1.165, 1.54) is 128 Å². The lowest BCUT2D eigenvalue weighted by Gasteiger charge is -2.04. The lowest BCUT2D eigenvalue weighted by atomic mass is 10.0. The maximum Gasteiger partial charge on any atom is -0.0276 e. The van der Waals surface area contributed by atoms with Gasteiger partial charge in [0.15, 0.2) is 0 Å². The smallest absolute Gasteiger partial charge is 0.0276 e. The highest BCUT2D eigenvalue weighted by Crippen LogP contribution is 2.15. The van der Waals surface area contributed by atoms with Crippen molar-refractivity contribution in [3.05, 3.63) is 36.5 Å². The van der Waals surface area contributed by atoms with Gasteiger partial charge in [-0.3, -0.25) is 0 Å². The summed E-state index contributed by atoms with van der Waals surface area (Å²) in [5.74, 6) is 0. The van der Waals surface area contributed by atoms with E-state index in [1.54, 1.807) is 0 Å². The average Bonchev–Trinajstić information content (AvgIpc) is 2.68. The highest BCUT2D eigenvalue weighted by molar-refractivity contribution is 5.09. The molecule has 0 N–H and O–H groups in total.